The second-order valence-corrected chi connectivity index (χ2v) is 8.14. The van der Waals surface area contributed by atoms with E-state index in [9.17, 15) is 17.2 Å². The predicted octanol–water partition coefficient (Wildman–Crippen LogP) is 2.45. The Kier molecular flexibility index (Phi) is 4.99. The summed E-state index contributed by atoms with van der Waals surface area (Å²) in [6.45, 7) is 1.82. The zero-order valence-electron chi connectivity index (χ0n) is 12.3. The van der Waals surface area contributed by atoms with Crippen LogP contribution >= 0.6 is 0 Å². The Bertz CT molecular complexity index is 583. The van der Waals surface area contributed by atoms with Gasteiger partial charge >= 0.3 is 0 Å². The van der Waals surface area contributed by atoms with Gasteiger partial charge in [0.05, 0.1) is 5.25 Å². The molecule has 0 aliphatic heterocycles. The highest BCUT2D eigenvalue weighted by molar-refractivity contribution is 7.91. The molecule has 1 aliphatic carbocycles. The van der Waals surface area contributed by atoms with Gasteiger partial charge in [0.2, 0.25) is 0 Å². The van der Waals surface area contributed by atoms with Gasteiger partial charge in [0.15, 0.2) is 9.84 Å². The van der Waals surface area contributed by atoms with Crippen molar-refractivity contribution in [1.82, 2.24) is 5.32 Å². The number of benzene rings is 1. The molecule has 0 spiro atoms. The number of hydrogen-bond acceptors (Lipinski definition) is 3. The summed E-state index contributed by atoms with van der Waals surface area (Å²) in [6, 6.07) is 3.48. The summed E-state index contributed by atoms with van der Waals surface area (Å²) in [7, 11) is -3.10. The quantitative estimate of drug-likeness (QED) is 0.907. The molecule has 21 heavy (non-hydrogen) atoms. The number of hydrogen-bond donors (Lipinski definition) is 1. The van der Waals surface area contributed by atoms with Crippen molar-refractivity contribution in [2.45, 2.75) is 49.9 Å². The fraction of sp³-hybridized carbons (Fsp3) is 0.600. The van der Waals surface area contributed by atoms with Crippen LogP contribution in [-0.2, 0) is 16.3 Å². The van der Waals surface area contributed by atoms with E-state index < -0.39 is 26.7 Å². The molecule has 6 heteroatoms. The summed E-state index contributed by atoms with van der Waals surface area (Å²) in [4.78, 5) is 0. The molecule has 3 atom stereocenters. The highest BCUT2D eigenvalue weighted by atomic mass is 32.2. The lowest BCUT2D eigenvalue weighted by molar-refractivity contribution is 0.432. The lowest BCUT2D eigenvalue weighted by Gasteiger charge is -2.24. The average molecular weight is 317 g/mol. The number of rotatable bonds is 5. The van der Waals surface area contributed by atoms with Crippen molar-refractivity contribution in [2.24, 2.45) is 0 Å². The smallest absolute Gasteiger partial charge is 0.151 e. The topological polar surface area (TPSA) is 46.2 Å². The SMILES string of the molecule is CC(Cc1c(F)cccc1F)NC1CCCC1S(C)(=O)=O. The van der Waals surface area contributed by atoms with E-state index in [-0.39, 0.29) is 24.1 Å². The Morgan fingerprint density at radius 1 is 1.29 bits per heavy atom. The van der Waals surface area contributed by atoms with Crippen LogP contribution in [0.25, 0.3) is 0 Å². The molecule has 0 bridgehead atoms. The van der Waals surface area contributed by atoms with Gasteiger partial charge in [-0.05, 0) is 38.3 Å². The van der Waals surface area contributed by atoms with Gasteiger partial charge in [-0.15, -0.1) is 0 Å². The van der Waals surface area contributed by atoms with Crippen molar-refractivity contribution in [2.75, 3.05) is 6.26 Å². The van der Waals surface area contributed by atoms with E-state index in [1.54, 1.807) is 0 Å². The summed E-state index contributed by atoms with van der Waals surface area (Å²) in [5.41, 5.74) is 0.0476. The first kappa shape index (κ1) is 16.4. The van der Waals surface area contributed by atoms with Gasteiger partial charge in [-0.25, -0.2) is 17.2 Å². The number of nitrogens with one attached hydrogen (secondary N) is 1. The molecule has 1 aromatic rings. The van der Waals surface area contributed by atoms with Gasteiger partial charge in [-0.1, -0.05) is 12.5 Å². The standard InChI is InChI=1S/C15H21F2NO2S/c1-10(9-11-12(16)5-3-6-13(11)17)18-14-7-4-8-15(14)21(2,19)20/h3,5-6,10,14-15,18H,4,7-9H2,1-2H3. The van der Waals surface area contributed by atoms with Crippen LogP contribution in [0.15, 0.2) is 18.2 Å². The largest absolute Gasteiger partial charge is 0.310 e. The van der Waals surface area contributed by atoms with Gasteiger partial charge in [0.25, 0.3) is 0 Å². The van der Waals surface area contributed by atoms with Gasteiger partial charge in [-0.2, -0.15) is 0 Å². The molecule has 2 rings (SSSR count). The Balaban J connectivity index is 2.03. The lowest BCUT2D eigenvalue weighted by atomic mass is 10.0. The third kappa shape index (κ3) is 4.01. The Labute approximate surface area is 124 Å². The van der Waals surface area contributed by atoms with Crippen molar-refractivity contribution in [3.63, 3.8) is 0 Å². The highest BCUT2D eigenvalue weighted by Gasteiger charge is 2.35. The molecular formula is C15H21F2NO2S. The molecule has 0 heterocycles. The zero-order chi connectivity index (χ0) is 15.6. The number of sulfone groups is 1. The summed E-state index contributed by atoms with van der Waals surface area (Å²) >= 11 is 0. The maximum Gasteiger partial charge on any atom is 0.151 e. The van der Waals surface area contributed by atoms with Crippen LogP contribution in [-0.4, -0.2) is 32.0 Å². The van der Waals surface area contributed by atoms with Crippen molar-refractivity contribution in [3.8, 4) is 0 Å². The molecule has 1 aliphatic rings. The molecule has 1 N–H and O–H groups in total. The van der Waals surface area contributed by atoms with E-state index >= 15 is 0 Å². The lowest BCUT2D eigenvalue weighted by Crippen LogP contribution is -2.45. The van der Waals surface area contributed by atoms with Crippen LogP contribution in [0.1, 0.15) is 31.7 Å². The molecule has 1 aromatic carbocycles. The van der Waals surface area contributed by atoms with E-state index in [4.69, 9.17) is 0 Å². The molecule has 0 aromatic heterocycles. The van der Waals surface area contributed by atoms with Gasteiger partial charge < -0.3 is 5.32 Å². The molecular weight excluding hydrogens is 296 g/mol. The molecule has 1 fully saturated rings. The average Bonchev–Trinajstić information content (AvgIpc) is 2.82. The van der Waals surface area contributed by atoms with Crippen molar-refractivity contribution >= 4 is 9.84 Å². The van der Waals surface area contributed by atoms with E-state index in [1.165, 1.54) is 24.5 Å². The maximum absolute atomic E-state index is 13.6. The van der Waals surface area contributed by atoms with Gasteiger partial charge in [0, 0.05) is 23.9 Å². The van der Waals surface area contributed by atoms with E-state index in [0.29, 0.717) is 6.42 Å². The molecule has 0 radical (unpaired) electrons. The van der Waals surface area contributed by atoms with E-state index in [0.717, 1.165) is 12.8 Å². The fourth-order valence-corrected chi connectivity index (χ4v) is 4.49. The van der Waals surface area contributed by atoms with Crippen LogP contribution in [0.5, 0.6) is 0 Å². The summed E-state index contributed by atoms with van der Waals surface area (Å²) in [5.74, 6) is -1.12. The van der Waals surface area contributed by atoms with E-state index in [1.807, 2.05) is 6.92 Å². The highest BCUT2D eigenvalue weighted by Crippen LogP contribution is 2.26. The maximum atomic E-state index is 13.6. The molecule has 0 amide bonds. The van der Waals surface area contributed by atoms with Crippen LogP contribution < -0.4 is 5.32 Å². The first-order valence-electron chi connectivity index (χ1n) is 7.17. The summed E-state index contributed by atoms with van der Waals surface area (Å²) < 4.78 is 50.7. The third-order valence-electron chi connectivity index (χ3n) is 4.07. The second-order valence-electron chi connectivity index (χ2n) is 5.88. The first-order chi connectivity index (χ1) is 9.79. The van der Waals surface area contributed by atoms with Crippen LogP contribution in [0, 0.1) is 11.6 Å². The minimum absolute atomic E-state index is 0.0476. The monoisotopic (exact) mass is 317 g/mol. The third-order valence-corrected chi connectivity index (χ3v) is 5.74. The van der Waals surface area contributed by atoms with Gasteiger partial charge in [0.1, 0.15) is 11.6 Å². The molecule has 3 unspecified atom stereocenters. The summed E-state index contributed by atoms with van der Waals surface area (Å²) in [6.07, 6.45) is 3.74. The Hall–Kier alpha value is -1.01. The normalized spacial score (nSPS) is 24.2. The first-order valence-corrected chi connectivity index (χ1v) is 9.12. The molecule has 118 valence electrons. The van der Waals surface area contributed by atoms with Crippen molar-refractivity contribution in [3.05, 3.63) is 35.4 Å². The second kappa shape index (κ2) is 6.40. The van der Waals surface area contributed by atoms with Crippen molar-refractivity contribution in [1.29, 1.82) is 0 Å². The van der Waals surface area contributed by atoms with Crippen LogP contribution in [0.2, 0.25) is 0 Å². The zero-order valence-corrected chi connectivity index (χ0v) is 13.1. The minimum atomic E-state index is -3.10. The summed E-state index contributed by atoms with van der Waals surface area (Å²) in [5, 5.41) is 2.83. The minimum Gasteiger partial charge on any atom is -0.310 e. The van der Waals surface area contributed by atoms with Crippen LogP contribution in [0.4, 0.5) is 8.78 Å². The van der Waals surface area contributed by atoms with E-state index in [2.05, 4.69) is 5.32 Å². The fourth-order valence-electron chi connectivity index (χ4n) is 3.09. The van der Waals surface area contributed by atoms with Crippen LogP contribution in [0.3, 0.4) is 0 Å². The molecule has 0 saturated heterocycles. The predicted molar refractivity (Wildman–Crippen MR) is 78.9 cm³/mol. The Morgan fingerprint density at radius 2 is 1.90 bits per heavy atom. The Morgan fingerprint density at radius 3 is 2.48 bits per heavy atom. The molecule has 1 saturated carbocycles. The van der Waals surface area contributed by atoms with Crippen molar-refractivity contribution < 1.29 is 17.2 Å². The molecule has 3 nitrogen and oxygen atoms in total. The number of halogens is 2. The van der Waals surface area contributed by atoms with Gasteiger partial charge in [-0.3, -0.25) is 0 Å².